The Morgan fingerprint density at radius 2 is 2.08 bits per heavy atom. The first-order chi connectivity index (χ1) is 11.8. The van der Waals surface area contributed by atoms with Crippen molar-refractivity contribution in [2.75, 3.05) is 19.6 Å². The van der Waals surface area contributed by atoms with Gasteiger partial charge >= 0.3 is 0 Å². The molecule has 134 valence electrons. The van der Waals surface area contributed by atoms with Crippen molar-refractivity contribution in [1.82, 2.24) is 14.7 Å². The van der Waals surface area contributed by atoms with Crippen LogP contribution in [0.5, 0.6) is 0 Å². The first kappa shape index (κ1) is 17.6. The van der Waals surface area contributed by atoms with Gasteiger partial charge in [0.25, 0.3) is 5.91 Å². The van der Waals surface area contributed by atoms with Gasteiger partial charge in [0.1, 0.15) is 0 Å². The minimum Gasteiger partial charge on any atom is -0.389 e. The molecule has 2 aromatic rings. The number of para-hydroxylation sites is 1. The van der Waals surface area contributed by atoms with Crippen LogP contribution in [-0.4, -0.2) is 50.9 Å². The molecule has 0 bridgehead atoms. The SMILES string of the molecule is CC(C)(O)CN1CCC[C@H](c2nn(-c3ccccc3)cc2C(N)=O)C1. The minimum absolute atomic E-state index is 0.142. The van der Waals surface area contributed by atoms with Gasteiger partial charge < -0.3 is 10.8 Å². The number of rotatable bonds is 5. The van der Waals surface area contributed by atoms with Crippen LogP contribution in [0.1, 0.15) is 48.7 Å². The maximum atomic E-state index is 11.9. The molecule has 0 saturated carbocycles. The first-order valence-corrected chi connectivity index (χ1v) is 8.73. The lowest BCUT2D eigenvalue weighted by Crippen LogP contribution is -2.43. The van der Waals surface area contributed by atoms with Gasteiger partial charge in [-0.05, 0) is 45.4 Å². The number of primary amides is 1. The van der Waals surface area contributed by atoms with Gasteiger partial charge in [-0.2, -0.15) is 5.10 Å². The molecule has 1 aromatic carbocycles. The Hall–Kier alpha value is -2.18. The molecule has 1 amide bonds. The fourth-order valence-electron chi connectivity index (χ4n) is 3.56. The molecule has 1 aliphatic rings. The van der Waals surface area contributed by atoms with Crippen molar-refractivity contribution in [1.29, 1.82) is 0 Å². The lowest BCUT2D eigenvalue weighted by molar-refractivity contribution is 0.0268. The summed E-state index contributed by atoms with van der Waals surface area (Å²) in [6, 6.07) is 9.71. The third kappa shape index (κ3) is 4.27. The lowest BCUT2D eigenvalue weighted by Gasteiger charge is -2.35. The van der Waals surface area contributed by atoms with E-state index >= 15 is 0 Å². The fourth-order valence-corrected chi connectivity index (χ4v) is 3.56. The molecule has 6 nitrogen and oxygen atoms in total. The Balaban J connectivity index is 1.88. The number of aliphatic hydroxyl groups is 1. The number of nitrogens with two attached hydrogens (primary N) is 1. The van der Waals surface area contributed by atoms with Crippen molar-refractivity contribution in [2.24, 2.45) is 5.73 Å². The standard InChI is InChI=1S/C19H26N4O2/c1-19(2,25)13-22-10-6-7-14(11-22)17-16(18(20)24)12-23(21-17)15-8-4-3-5-9-15/h3-5,8-9,12,14,25H,6-7,10-11,13H2,1-2H3,(H2,20,24)/t14-/m0/s1. The summed E-state index contributed by atoms with van der Waals surface area (Å²) in [6.07, 6.45) is 3.70. The van der Waals surface area contributed by atoms with Gasteiger partial charge in [-0.15, -0.1) is 0 Å². The Labute approximate surface area is 148 Å². The van der Waals surface area contributed by atoms with Crippen LogP contribution >= 0.6 is 0 Å². The van der Waals surface area contributed by atoms with Gasteiger partial charge in [-0.1, -0.05) is 18.2 Å². The molecule has 2 heterocycles. The van der Waals surface area contributed by atoms with E-state index in [-0.39, 0.29) is 5.92 Å². The van der Waals surface area contributed by atoms with Crippen molar-refractivity contribution in [3.8, 4) is 5.69 Å². The van der Waals surface area contributed by atoms with Crippen LogP contribution in [0.3, 0.4) is 0 Å². The van der Waals surface area contributed by atoms with E-state index < -0.39 is 11.5 Å². The lowest BCUT2D eigenvalue weighted by atomic mass is 9.91. The summed E-state index contributed by atoms with van der Waals surface area (Å²) in [5.41, 5.74) is 7.01. The molecule has 0 unspecified atom stereocenters. The van der Waals surface area contributed by atoms with Crippen LogP contribution in [0.25, 0.3) is 5.69 Å². The normalized spacial score (nSPS) is 19.1. The molecule has 25 heavy (non-hydrogen) atoms. The number of amides is 1. The Morgan fingerprint density at radius 3 is 2.72 bits per heavy atom. The second-order valence-corrected chi connectivity index (χ2v) is 7.46. The number of nitrogens with zero attached hydrogens (tertiary/aromatic N) is 3. The second-order valence-electron chi connectivity index (χ2n) is 7.46. The number of β-amino-alcohol motifs (C(OH)–C–C–N with tert-alkyl or cyclic N) is 1. The van der Waals surface area contributed by atoms with E-state index in [9.17, 15) is 9.90 Å². The monoisotopic (exact) mass is 342 g/mol. The van der Waals surface area contributed by atoms with Gasteiger partial charge in [0, 0.05) is 25.2 Å². The molecule has 3 rings (SSSR count). The van der Waals surface area contributed by atoms with Gasteiger partial charge in [0.05, 0.1) is 22.5 Å². The highest BCUT2D eigenvalue weighted by atomic mass is 16.3. The van der Waals surface area contributed by atoms with Gasteiger partial charge in [-0.3, -0.25) is 9.69 Å². The van der Waals surface area contributed by atoms with Crippen LogP contribution in [0.2, 0.25) is 0 Å². The number of aromatic nitrogens is 2. The number of carbonyl (C=O) groups excluding carboxylic acids is 1. The summed E-state index contributed by atoms with van der Waals surface area (Å²) in [4.78, 5) is 14.2. The summed E-state index contributed by atoms with van der Waals surface area (Å²) >= 11 is 0. The van der Waals surface area contributed by atoms with Gasteiger partial charge in [0.15, 0.2) is 0 Å². The van der Waals surface area contributed by atoms with Crippen molar-refractivity contribution in [3.63, 3.8) is 0 Å². The zero-order chi connectivity index (χ0) is 18.0. The van der Waals surface area contributed by atoms with Crippen LogP contribution in [-0.2, 0) is 0 Å². The minimum atomic E-state index is -0.738. The second kappa shape index (κ2) is 6.98. The molecule has 1 saturated heterocycles. The summed E-state index contributed by atoms with van der Waals surface area (Å²) in [5.74, 6) is -0.305. The van der Waals surface area contributed by atoms with Crippen LogP contribution in [0.4, 0.5) is 0 Å². The van der Waals surface area contributed by atoms with Crippen molar-refractivity contribution in [3.05, 3.63) is 47.8 Å². The maximum absolute atomic E-state index is 11.9. The largest absolute Gasteiger partial charge is 0.389 e. The molecule has 1 aliphatic heterocycles. The number of hydrogen-bond donors (Lipinski definition) is 2. The zero-order valence-electron chi connectivity index (χ0n) is 14.9. The van der Waals surface area contributed by atoms with E-state index in [0.717, 1.165) is 37.3 Å². The molecule has 0 aliphatic carbocycles. The average Bonchev–Trinajstić information content (AvgIpc) is 3.00. The third-order valence-electron chi connectivity index (χ3n) is 4.53. The molecule has 1 aromatic heterocycles. The van der Waals surface area contributed by atoms with E-state index in [1.165, 1.54) is 0 Å². The van der Waals surface area contributed by atoms with E-state index in [2.05, 4.69) is 10.00 Å². The van der Waals surface area contributed by atoms with Crippen molar-refractivity contribution in [2.45, 2.75) is 38.2 Å². The van der Waals surface area contributed by atoms with E-state index in [1.807, 2.05) is 44.2 Å². The number of carbonyl (C=O) groups is 1. The molecule has 0 spiro atoms. The van der Waals surface area contributed by atoms with Gasteiger partial charge in [-0.25, -0.2) is 4.68 Å². The molecule has 6 heteroatoms. The number of hydrogen-bond acceptors (Lipinski definition) is 4. The molecular formula is C19H26N4O2. The summed E-state index contributed by atoms with van der Waals surface area (Å²) < 4.78 is 1.73. The Kier molecular flexibility index (Phi) is 4.92. The topological polar surface area (TPSA) is 84.4 Å². The average molecular weight is 342 g/mol. The molecular weight excluding hydrogens is 316 g/mol. The van der Waals surface area contributed by atoms with E-state index in [4.69, 9.17) is 5.73 Å². The predicted molar refractivity (Wildman–Crippen MR) is 96.8 cm³/mol. The summed E-state index contributed by atoms with van der Waals surface area (Å²) in [5, 5.41) is 14.8. The van der Waals surface area contributed by atoms with Crippen LogP contribution < -0.4 is 5.73 Å². The van der Waals surface area contributed by atoms with Crippen molar-refractivity contribution >= 4 is 5.91 Å². The van der Waals surface area contributed by atoms with Crippen LogP contribution in [0, 0.1) is 0 Å². The van der Waals surface area contributed by atoms with Crippen LogP contribution in [0.15, 0.2) is 36.5 Å². The Bertz CT molecular complexity index is 734. The quantitative estimate of drug-likeness (QED) is 0.869. The van der Waals surface area contributed by atoms with Gasteiger partial charge in [0.2, 0.25) is 0 Å². The highest BCUT2D eigenvalue weighted by Gasteiger charge is 2.29. The number of benzene rings is 1. The smallest absolute Gasteiger partial charge is 0.252 e. The first-order valence-electron chi connectivity index (χ1n) is 8.73. The van der Waals surface area contributed by atoms with E-state index in [1.54, 1.807) is 10.9 Å². The van der Waals surface area contributed by atoms with Crippen molar-refractivity contribution < 1.29 is 9.90 Å². The molecule has 1 fully saturated rings. The molecule has 1 atom stereocenters. The Morgan fingerprint density at radius 1 is 1.36 bits per heavy atom. The number of piperidine rings is 1. The maximum Gasteiger partial charge on any atom is 0.252 e. The predicted octanol–water partition coefficient (Wildman–Crippen LogP) is 1.92. The third-order valence-corrected chi connectivity index (χ3v) is 4.53. The highest BCUT2D eigenvalue weighted by Crippen LogP contribution is 2.29. The number of likely N-dealkylation sites (tertiary alicyclic amines) is 1. The zero-order valence-corrected chi connectivity index (χ0v) is 14.9. The fraction of sp³-hybridized carbons (Fsp3) is 0.474. The summed E-state index contributed by atoms with van der Waals surface area (Å²) in [6.45, 7) is 5.96. The van der Waals surface area contributed by atoms with E-state index in [0.29, 0.717) is 12.1 Å². The molecule has 3 N–H and O–H groups in total. The summed E-state index contributed by atoms with van der Waals surface area (Å²) in [7, 11) is 0. The molecule has 0 radical (unpaired) electrons. The highest BCUT2D eigenvalue weighted by molar-refractivity contribution is 5.94.